The van der Waals surface area contributed by atoms with Gasteiger partial charge in [-0.15, -0.1) is 0 Å². The van der Waals surface area contributed by atoms with Crippen LogP contribution in [0.3, 0.4) is 0 Å². The maximum atomic E-state index is 12.5. The Kier molecular flexibility index (Phi) is 4.85. The molecule has 0 bridgehead atoms. The van der Waals surface area contributed by atoms with E-state index < -0.39 is 10.2 Å². The summed E-state index contributed by atoms with van der Waals surface area (Å²) in [4.78, 5) is 0. The molecule has 114 valence electrons. The lowest BCUT2D eigenvalue weighted by atomic mass is 9.99. The monoisotopic (exact) mass is 301 g/mol. The molecule has 0 amide bonds. The van der Waals surface area contributed by atoms with Crippen LogP contribution in [0.15, 0.2) is 16.5 Å². The lowest BCUT2D eigenvalue weighted by Crippen LogP contribution is -2.46. The molecule has 2 heterocycles. The van der Waals surface area contributed by atoms with E-state index in [0.717, 1.165) is 18.6 Å². The van der Waals surface area contributed by atoms with Crippen LogP contribution in [0.2, 0.25) is 0 Å². The second-order valence-electron chi connectivity index (χ2n) is 5.35. The zero-order valence-corrected chi connectivity index (χ0v) is 12.9. The van der Waals surface area contributed by atoms with Gasteiger partial charge in [-0.1, -0.05) is 0 Å². The fourth-order valence-corrected chi connectivity index (χ4v) is 3.80. The number of hydrogen-bond acceptors (Lipinski definition) is 4. The van der Waals surface area contributed by atoms with Crippen LogP contribution in [0.5, 0.6) is 0 Å². The van der Waals surface area contributed by atoms with Crippen LogP contribution < -0.4 is 5.73 Å². The maximum Gasteiger partial charge on any atom is 0.282 e. The largest absolute Gasteiger partial charge is 0.465 e. The van der Waals surface area contributed by atoms with E-state index in [9.17, 15) is 8.42 Å². The highest BCUT2D eigenvalue weighted by Crippen LogP contribution is 2.21. The Bertz CT molecular complexity index is 533. The van der Waals surface area contributed by atoms with E-state index in [4.69, 9.17) is 10.2 Å². The molecule has 0 saturated carbocycles. The van der Waals surface area contributed by atoms with E-state index in [1.165, 1.54) is 8.61 Å². The lowest BCUT2D eigenvalue weighted by molar-refractivity contribution is 0.259. The van der Waals surface area contributed by atoms with Gasteiger partial charge in [0.2, 0.25) is 0 Å². The molecular formula is C13H23N3O3S. The third kappa shape index (κ3) is 3.41. The van der Waals surface area contributed by atoms with E-state index in [1.54, 1.807) is 7.05 Å². The van der Waals surface area contributed by atoms with Gasteiger partial charge in [-0.05, 0) is 44.4 Å². The highest BCUT2D eigenvalue weighted by atomic mass is 32.2. The first kappa shape index (κ1) is 15.5. The molecule has 2 rings (SSSR count). The molecule has 1 aliphatic heterocycles. The second kappa shape index (κ2) is 6.26. The minimum atomic E-state index is -3.42. The fourth-order valence-electron chi connectivity index (χ4n) is 2.44. The SMILES string of the molecule is Cc1ccc(CN(C)S(=O)(=O)N2CCC(CN)CC2)o1. The average molecular weight is 301 g/mol. The molecule has 7 heteroatoms. The number of nitrogens with two attached hydrogens (primary N) is 1. The molecule has 0 aromatic carbocycles. The van der Waals surface area contributed by atoms with Crippen LogP contribution >= 0.6 is 0 Å². The third-order valence-corrected chi connectivity index (χ3v) is 5.74. The molecule has 0 aliphatic carbocycles. The van der Waals surface area contributed by atoms with Crippen molar-refractivity contribution in [2.24, 2.45) is 11.7 Å². The van der Waals surface area contributed by atoms with Gasteiger partial charge in [0.15, 0.2) is 0 Å². The zero-order chi connectivity index (χ0) is 14.8. The van der Waals surface area contributed by atoms with Crippen molar-refractivity contribution < 1.29 is 12.8 Å². The Morgan fingerprint density at radius 3 is 2.55 bits per heavy atom. The fraction of sp³-hybridized carbons (Fsp3) is 0.692. The van der Waals surface area contributed by atoms with Gasteiger partial charge >= 0.3 is 0 Å². The molecule has 0 radical (unpaired) electrons. The molecule has 1 fully saturated rings. The molecule has 1 saturated heterocycles. The summed E-state index contributed by atoms with van der Waals surface area (Å²) in [6.07, 6.45) is 1.67. The zero-order valence-electron chi connectivity index (χ0n) is 12.1. The number of nitrogens with zero attached hydrogens (tertiary/aromatic N) is 2. The molecule has 1 aromatic heterocycles. The van der Waals surface area contributed by atoms with Crippen LogP contribution in [0.25, 0.3) is 0 Å². The van der Waals surface area contributed by atoms with Crippen molar-refractivity contribution in [2.45, 2.75) is 26.3 Å². The molecule has 0 unspecified atom stereocenters. The van der Waals surface area contributed by atoms with Gasteiger partial charge in [-0.2, -0.15) is 17.0 Å². The molecule has 1 aromatic rings. The van der Waals surface area contributed by atoms with Crippen molar-refractivity contribution in [3.63, 3.8) is 0 Å². The van der Waals surface area contributed by atoms with E-state index in [2.05, 4.69) is 0 Å². The molecule has 0 atom stereocenters. The van der Waals surface area contributed by atoms with Gasteiger partial charge in [0.25, 0.3) is 10.2 Å². The van der Waals surface area contributed by atoms with Crippen molar-refractivity contribution in [3.05, 3.63) is 23.7 Å². The number of hydrogen-bond donors (Lipinski definition) is 1. The van der Waals surface area contributed by atoms with Crippen LogP contribution in [-0.4, -0.2) is 43.7 Å². The van der Waals surface area contributed by atoms with Gasteiger partial charge in [0, 0.05) is 20.1 Å². The lowest BCUT2D eigenvalue weighted by Gasteiger charge is -2.33. The highest BCUT2D eigenvalue weighted by Gasteiger charge is 2.31. The van der Waals surface area contributed by atoms with E-state index >= 15 is 0 Å². The van der Waals surface area contributed by atoms with Gasteiger partial charge in [-0.25, -0.2) is 0 Å². The summed E-state index contributed by atoms with van der Waals surface area (Å²) >= 11 is 0. The Morgan fingerprint density at radius 2 is 2.05 bits per heavy atom. The van der Waals surface area contributed by atoms with Crippen molar-refractivity contribution in [1.82, 2.24) is 8.61 Å². The summed E-state index contributed by atoms with van der Waals surface area (Å²) in [5, 5.41) is 0. The number of aryl methyl sites for hydroxylation is 1. The summed E-state index contributed by atoms with van der Waals surface area (Å²) < 4.78 is 33.2. The molecule has 0 spiro atoms. The van der Waals surface area contributed by atoms with E-state index in [-0.39, 0.29) is 6.54 Å². The Morgan fingerprint density at radius 1 is 1.40 bits per heavy atom. The van der Waals surface area contributed by atoms with Gasteiger partial charge in [0.1, 0.15) is 11.5 Å². The molecule has 20 heavy (non-hydrogen) atoms. The van der Waals surface area contributed by atoms with E-state index in [0.29, 0.717) is 31.3 Å². The van der Waals surface area contributed by atoms with E-state index in [1.807, 2.05) is 19.1 Å². The quantitative estimate of drug-likeness (QED) is 0.877. The van der Waals surface area contributed by atoms with Crippen molar-refractivity contribution in [3.8, 4) is 0 Å². The minimum absolute atomic E-state index is 0.257. The molecule has 2 N–H and O–H groups in total. The maximum absolute atomic E-state index is 12.5. The van der Waals surface area contributed by atoms with Crippen molar-refractivity contribution >= 4 is 10.2 Å². The first-order chi connectivity index (χ1) is 9.43. The Labute approximate surface area is 120 Å². The van der Waals surface area contributed by atoms with Crippen LogP contribution in [0.4, 0.5) is 0 Å². The molecule has 6 nitrogen and oxygen atoms in total. The highest BCUT2D eigenvalue weighted by molar-refractivity contribution is 7.86. The summed E-state index contributed by atoms with van der Waals surface area (Å²) in [7, 11) is -1.83. The van der Waals surface area contributed by atoms with Gasteiger partial charge in [-0.3, -0.25) is 0 Å². The summed E-state index contributed by atoms with van der Waals surface area (Å²) in [5.74, 6) is 1.89. The smallest absolute Gasteiger partial charge is 0.282 e. The Hall–Kier alpha value is -0.890. The van der Waals surface area contributed by atoms with Crippen molar-refractivity contribution in [2.75, 3.05) is 26.7 Å². The van der Waals surface area contributed by atoms with Gasteiger partial charge in [0.05, 0.1) is 6.54 Å². The topological polar surface area (TPSA) is 79.8 Å². The van der Waals surface area contributed by atoms with Crippen LogP contribution in [0, 0.1) is 12.8 Å². The Balaban J connectivity index is 1.99. The summed E-state index contributed by atoms with van der Waals surface area (Å²) in [6, 6.07) is 3.64. The standard InChI is InChI=1S/C13H23N3O3S/c1-11-3-4-13(19-11)10-15(2)20(17,18)16-7-5-12(9-14)6-8-16/h3-4,12H,5-10,14H2,1-2H3. The number of furan rings is 1. The summed E-state index contributed by atoms with van der Waals surface area (Å²) in [6.45, 7) is 3.83. The average Bonchev–Trinajstić information content (AvgIpc) is 2.84. The van der Waals surface area contributed by atoms with Crippen molar-refractivity contribution in [1.29, 1.82) is 0 Å². The van der Waals surface area contributed by atoms with Crippen LogP contribution in [-0.2, 0) is 16.8 Å². The van der Waals surface area contributed by atoms with Gasteiger partial charge < -0.3 is 10.2 Å². The third-order valence-electron chi connectivity index (χ3n) is 3.80. The predicted octanol–water partition coefficient (Wildman–Crippen LogP) is 0.935. The molecule has 1 aliphatic rings. The summed E-state index contributed by atoms with van der Waals surface area (Å²) in [5.41, 5.74) is 5.63. The predicted molar refractivity (Wildman–Crippen MR) is 77.2 cm³/mol. The number of piperidine rings is 1. The first-order valence-electron chi connectivity index (χ1n) is 6.90. The minimum Gasteiger partial charge on any atom is -0.465 e. The first-order valence-corrected chi connectivity index (χ1v) is 8.30. The number of rotatable bonds is 5. The normalized spacial score (nSPS) is 18.8. The second-order valence-corrected chi connectivity index (χ2v) is 7.39. The van der Waals surface area contributed by atoms with Crippen LogP contribution in [0.1, 0.15) is 24.4 Å². The molecular weight excluding hydrogens is 278 g/mol.